The van der Waals surface area contributed by atoms with Gasteiger partial charge in [0.25, 0.3) is 0 Å². The van der Waals surface area contributed by atoms with Crippen LogP contribution in [0, 0.1) is 0 Å². The van der Waals surface area contributed by atoms with Crippen molar-refractivity contribution in [2.24, 2.45) is 27.9 Å². The zero-order chi connectivity index (χ0) is 14.6. The summed E-state index contributed by atoms with van der Waals surface area (Å²) in [6.45, 7) is 1.40. The SMILES string of the molecule is NCCCCN=C(N)N.N[C@@H](CC(=O)O)C(=O)O. The fourth-order valence-electron chi connectivity index (χ4n) is 0.740. The molecule has 0 rings (SSSR count). The van der Waals surface area contributed by atoms with Crippen molar-refractivity contribution in [2.75, 3.05) is 13.1 Å². The van der Waals surface area contributed by atoms with Crippen LogP contribution in [0.5, 0.6) is 0 Å². The largest absolute Gasteiger partial charge is 0.481 e. The molecule has 0 fully saturated rings. The molecule has 0 unspecified atom stereocenters. The number of nitrogens with two attached hydrogens (primary N) is 4. The van der Waals surface area contributed by atoms with E-state index in [2.05, 4.69) is 4.99 Å². The molecule has 0 aliphatic heterocycles. The van der Waals surface area contributed by atoms with E-state index in [0.717, 1.165) is 12.8 Å². The molecule has 0 amide bonds. The van der Waals surface area contributed by atoms with Crippen LogP contribution in [0.2, 0.25) is 0 Å². The topological polar surface area (TPSA) is 191 Å². The van der Waals surface area contributed by atoms with Crippen LogP contribution in [-0.4, -0.2) is 47.2 Å². The Balaban J connectivity index is 0. The van der Waals surface area contributed by atoms with Crippen LogP contribution in [0.25, 0.3) is 0 Å². The van der Waals surface area contributed by atoms with Crippen molar-refractivity contribution in [3.05, 3.63) is 0 Å². The molecule has 106 valence electrons. The number of carboxylic acid groups (broad SMARTS) is 2. The van der Waals surface area contributed by atoms with Gasteiger partial charge in [-0.2, -0.15) is 0 Å². The average molecular weight is 263 g/mol. The number of guanidine groups is 1. The number of aliphatic carboxylic acids is 2. The summed E-state index contributed by atoms with van der Waals surface area (Å²) < 4.78 is 0. The van der Waals surface area contributed by atoms with Crippen LogP contribution >= 0.6 is 0 Å². The Labute approximate surface area is 105 Å². The van der Waals surface area contributed by atoms with Crippen molar-refractivity contribution < 1.29 is 19.8 Å². The minimum absolute atomic E-state index is 0.159. The van der Waals surface area contributed by atoms with Crippen molar-refractivity contribution >= 4 is 17.9 Å². The molecule has 18 heavy (non-hydrogen) atoms. The van der Waals surface area contributed by atoms with E-state index >= 15 is 0 Å². The number of unbranched alkanes of at least 4 members (excludes halogenated alkanes) is 1. The van der Waals surface area contributed by atoms with E-state index in [1.165, 1.54) is 0 Å². The molecule has 0 aromatic rings. The standard InChI is InChI=1S/C5H14N4.C4H7NO4/c6-3-1-2-4-9-5(7)8;5-2(4(8)9)1-3(6)7/h1-4,6H2,(H4,7,8,9);2H,1,5H2,(H,6,7)(H,8,9)/t;2-/m.0/s1. The Hall–Kier alpha value is -1.87. The van der Waals surface area contributed by atoms with Crippen LogP contribution in [-0.2, 0) is 9.59 Å². The smallest absolute Gasteiger partial charge is 0.321 e. The van der Waals surface area contributed by atoms with Gasteiger partial charge in [-0.05, 0) is 19.4 Å². The normalized spacial score (nSPS) is 10.8. The molecule has 9 nitrogen and oxygen atoms in total. The molecule has 0 radical (unpaired) electrons. The number of carbonyl (C=O) groups is 2. The quantitative estimate of drug-likeness (QED) is 0.170. The summed E-state index contributed by atoms with van der Waals surface area (Å²) in [6.07, 6.45) is 1.42. The van der Waals surface area contributed by atoms with Crippen molar-refractivity contribution in [3.8, 4) is 0 Å². The number of aliphatic imine (C=N–C) groups is 1. The van der Waals surface area contributed by atoms with Crippen molar-refractivity contribution in [3.63, 3.8) is 0 Å². The van der Waals surface area contributed by atoms with Crippen LogP contribution in [0.15, 0.2) is 4.99 Å². The molecular weight excluding hydrogens is 242 g/mol. The highest BCUT2D eigenvalue weighted by atomic mass is 16.4. The van der Waals surface area contributed by atoms with Gasteiger partial charge in [-0.3, -0.25) is 14.6 Å². The molecule has 0 heterocycles. The van der Waals surface area contributed by atoms with Crippen molar-refractivity contribution in [2.45, 2.75) is 25.3 Å². The molecule has 0 bridgehead atoms. The number of carboxylic acids is 2. The third-order valence-electron chi connectivity index (χ3n) is 1.62. The monoisotopic (exact) mass is 263 g/mol. The van der Waals surface area contributed by atoms with E-state index in [9.17, 15) is 9.59 Å². The Kier molecular flexibility index (Phi) is 11.9. The van der Waals surface area contributed by atoms with Gasteiger partial charge in [-0.1, -0.05) is 0 Å². The zero-order valence-electron chi connectivity index (χ0n) is 10.1. The first kappa shape index (κ1) is 18.5. The first-order valence-corrected chi connectivity index (χ1v) is 5.26. The van der Waals surface area contributed by atoms with Crippen molar-refractivity contribution in [1.29, 1.82) is 0 Å². The first-order valence-electron chi connectivity index (χ1n) is 5.26. The maximum absolute atomic E-state index is 9.85. The molecule has 0 saturated carbocycles. The van der Waals surface area contributed by atoms with Gasteiger partial charge >= 0.3 is 11.9 Å². The molecule has 0 spiro atoms. The summed E-state index contributed by atoms with van der Waals surface area (Å²) in [5, 5.41) is 16.0. The molecule has 1 atom stereocenters. The molecule has 0 saturated heterocycles. The molecule has 0 aromatic heterocycles. The average Bonchev–Trinajstić information content (AvgIpc) is 2.24. The lowest BCUT2D eigenvalue weighted by Gasteiger charge is -1.99. The minimum atomic E-state index is -1.29. The summed E-state index contributed by atoms with van der Waals surface area (Å²) in [6, 6.07) is -1.29. The number of hydrogen-bond donors (Lipinski definition) is 6. The first-order chi connectivity index (χ1) is 8.31. The number of rotatable bonds is 7. The van der Waals surface area contributed by atoms with E-state index in [4.69, 9.17) is 33.1 Å². The lowest BCUT2D eigenvalue weighted by molar-refractivity contribution is -0.144. The van der Waals surface area contributed by atoms with Gasteiger partial charge in [-0.15, -0.1) is 0 Å². The Morgan fingerprint density at radius 3 is 2.00 bits per heavy atom. The van der Waals surface area contributed by atoms with Gasteiger partial charge in [-0.25, -0.2) is 0 Å². The molecule has 0 aromatic carbocycles. The van der Waals surface area contributed by atoms with Gasteiger partial charge in [0.1, 0.15) is 6.04 Å². The summed E-state index contributed by atoms with van der Waals surface area (Å²) in [4.78, 5) is 23.4. The minimum Gasteiger partial charge on any atom is -0.481 e. The third kappa shape index (κ3) is 16.6. The van der Waals surface area contributed by atoms with Crippen LogP contribution in [0.3, 0.4) is 0 Å². The zero-order valence-corrected chi connectivity index (χ0v) is 10.1. The number of hydrogen-bond acceptors (Lipinski definition) is 5. The molecule has 0 aliphatic carbocycles. The molecule has 9 heteroatoms. The number of nitrogens with zero attached hydrogens (tertiary/aromatic N) is 1. The highest BCUT2D eigenvalue weighted by Crippen LogP contribution is 1.86. The van der Waals surface area contributed by atoms with Gasteiger partial charge < -0.3 is 33.1 Å². The third-order valence-corrected chi connectivity index (χ3v) is 1.62. The second-order valence-corrected chi connectivity index (χ2v) is 3.34. The maximum atomic E-state index is 9.85. The molecule has 10 N–H and O–H groups in total. The van der Waals surface area contributed by atoms with Crippen LogP contribution in [0.4, 0.5) is 0 Å². The molecule has 0 aliphatic rings. The Bertz CT molecular complexity index is 278. The fraction of sp³-hybridized carbons (Fsp3) is 0.667. The highest BCUT2D eigenvalue weighted by molar-refractivity contribution is 5.80. The van der Waals surface area contributed by atoms with E-state index in [0.29, 0.717) is 13.1 Å². The van der Waals surface area contributed by atoms with Gasteiger partial charge in [0.05, 0.1) is 6.42 Å². The lowest BCUT2D eigenvalue weighted by Crippen LogP contribution is -2.32. The summed E-state index contributed by atoms with van der Waals surface area (Å²) in [5.74, 6) is -2.34. The van der Waals surface area contributed by atoms with Gasteiger partial charge in [0.15, 0.2) is 5.96 Å². The summed E-state index contributed by atoms with van der Waals surface area (Å²) in [5.41, 5.74) is 20.2. The Morgan fingerprint density at radius 2 is 1.72 bits per heavy atom. The Morgan fingerprint density at radius 1 is 1.17 bits per heavy atom. The maximum Gasteiger partial charge on any atom is 0.321 e. The predicted octanol–water partition coefficient (Wildman–Crippen LogP) is -2.13. The summed E-state index contributed by atoms with van der Waals surface area (Å²) in [7, 11) is 0. The van der Waals surface area contributed by atoms with Gasteiger partial charge in [0, 0.05) is 6.54 Å². The fourth-order valence-corrected chi connectivity index (χ4v) is 0.740. The van der Waals surface area contributed by atoms with E-state index in [-0.39, 0.29) is 5.96 Å². The second kappa shape index (κ2) is 11.6. The summed E-state index contributed by atoms with van der Waals surface area (Å²) >= 11 is 0. The van der Waals surface area contributed by atoms with Crippen LogP contribution in [0.1, 0.15) is 19.3 Å². The van der Waals surface area contributed by atoms with Gasteiger partial charge in [0.2, 0.25) is 0 Å². The van der Waals surface area contributed by atoms with E-state index < -0.39 is 24.4 Å². The predicted molar refractivity (Wildman–Crippen MR) is 66.8 cm³/mol. The lowest BCUT2D eigenvalue weighted by atomic mass is 10.2. The van der Waals surface area contributed by atoms with Crippen LogP contribution < -0.4 is 22.9 Å². The van der Waals surface area contributed by atoms with E-state index in [1.54, 1.807) is 0 Å². The van der Waals surface area contributed by atoms with Crippen molar-refractivity contribution in [1.82, 2.24) is 0 Å². The highest BCUT2D eigenvalue weighted by Gasteiger charge is 2.14. The van der Waals surface area contributed by atoms with E-state index in [1.807, 2.05) is 0 Å². The molecular formula is C9H21N5O4. The second-order valence-electron chi connectivity index (χ2n) is 3.34.